The molecule has 0 aliphatic carbocycles. The molecule has 8 nitrogen and oxygen atoms in total. The highest BCUT2D eigenvalue weighted by Crippen LogP contribution is 2.41. The molecule has 46 heavy (non-hydrogen) atoms. The topological polar surface area (TPSA) is 87.2 Å². The number of hydrogen-bond acceptors (Lipinski definition) is 6. The van der Waals surface area contributed by atoms with E-state index in [9.17, 15) is 9.59 Å². The molecule has 0 saturated carbocycles. The van der Waals surface area contributed by atoms with Crippen molar-refractivity contribution in [2.45, 2.75) is 0 Å². The van der Waals surface area contributed by atoms with Gasteiger partial charge in [-0.05, 0) is 54.1 Å². The van der Waals surface area contributed by atoms with Crippen molar-refractivity contribution >= 4 is 76.2 Å². The van der Waals surface area contributed by atoms with Crippen LogP contribution in [-0.4, -0.2) is 33.0 Å². The average Bonchev–Trinajstić information content (AvgIpc) is 3.63. The van der Waals surface area contributed by atoms with E-state index in [0.29, 0.717) is 16.5 Å². The second-order valence-electron chi connectivity index (χ2n) is 11.7. The fourth-order valence-corrected chi connectivity index (χ4v) is 7.46. The second-order valence-corrected chi connectivity index (χ2v) is 11.7. The minimum atomic E-state index is -0.124. The molecule has 0 unspecified atom stereocenters. The Morgan fingerprint density at radius 3 is 2.11 bits per heavy atom. The average molecular weight is 599 g/mol. The predicted octanol–water partition coefficient (Wildman–Crippen LogP) is 7.18. The maximum atomic E-state index is 14.4. The molecule has 0 amide bonds. The van der Waals surface area contributed by atoms with Gasteiger partial charge in [0.2, 0.25) is 0 Å². The van der Waals surface area contributed by atoms with Gasteiger partial charge in [0, 0.05) is 61.7 Å². The van der Waals surface area contributed by atoms with Crippen LogP contribution in [0.15, 0.2) is 107 Å². The molecule has 8 heteroatoms. The zero-order chi connectivity index (χ0) is 30.8. The van der Waals surface area contributed by atoms with Gasteiger partial charge in [0.25, 0.3) is 11.1 Å². The molecule has 0 atom stereocenters. The summed E-state index contributed by atoms with van der Waals surface area (Å²) in [6, 6.07) is 27.0. The molecule has 10 rings (SSSR count). The van der Waals surface area contributed by atoms with Gasteiger partial charge in [0.1, 0.15) is 11.5 Å². The largest absolute Gasteiger partial charge is 0.497 e. The molecule has 6 heterocycles. The van der Waals surface area contributed by atoms with Gasteiger partial charge in [0.05, 0.1) is 52.7 Å². The van der Waals surface area contributed by atoms with E-state index in [1.807, 2.05) is 91.1 Å². The van der Waals surface area contributed by atoms with Gasteiger partial charge < -0.3 is 9.47 Å². The Morgan fingerprint density at radius 1 is 0.565 bits per heavy atom. The fourth-order valence-electron chi connectivity index (χ4n) is 7.46. The first-order chi connectivity index (χ1) is 22.6. The van der Waals surface area contributed by atoms with Crippen LogP contribution in [0.1, 0.15) is 0 Å². The van der Waals surface area contributed by atoms with Crippen molar-refractivity contribution in [3.05, 3.63) is 118 Å². The second kappa shape index (κ2) is 8.67. The van der Waals surface area contributed by atoms with Crippen molar-refractivity contribution in [3.63, 3.8) is 0 Å². The Balaban J connectivity index is 1.35. The van der Waals surface area contributed by atoms with Crippen LogP contribution in [0.2, 0.25) is 0 Å². The van der Waals surface area contributed by atoms with Crippen molar-refractivity contribution in [2.24, 2.45) is 0 Å². The molecule has 0 radical (unpaired) electrons. The molecule has 6 aromatic heterocycles. The highest BCUT2D eigenvalue weighted by Gasteiger charge is 2.23. The fraction of sp³-hybridized carbons (Fsp3) is 0.0526. The summed E-state index contributed by atoms with van der Waals surface area (Å²) < 4.78 is 14.6. The van der Waals surface area contributed by atoms with E-state index in [2.05, 4.69) is 0 Å². The van der Waals surface area contributed by atoms with Crippen LogP contribution in [-0.2, 0) is 0 Å². The molecule has 0 aliphatic rings. The number of hydrogen-bond donors (Lipinski definition) is 0. The molecule has 0 N–H and O–H groups in total. The maximum absolute atomic E-state index is 14.4. The monoisotopic (exact) mass is 598 g/mol. The molecular weight excluding hydrogens is 576 g/mol. The van der Waals surface area contributed by atoms with E-state index >= 15 is 0 Å². The highest BCUT2D eigenvalue weighted by molar-refractivity contribution is 6.24. The van der Waals surface area contributed by atoms with Crippen molar-refractivity contribution in [2.75, 3.05) is 14.2 Å². The minimum Gasteiger partial charge on any atom is -0.497 e. The zero-order valence-electron chi connectivity index (χ0n) is 24.7. The lowest BCUT2D eigenvalue weighted by Crippen LogP contribution is -2.13. The van der Waals surface area contributed by atoms with Crippen LogP contribution in [0.25, 0.3) is 87.3 Å². The summed E-state index contributed by atoms with van der Waals surface area (Å²) in [5, 5.41) is 6.41. The van der Waals surface area contributed by atoms with Crippen LogP contribution in [0.4, 0.5) is 0 Å². The van der Waals surface area contributed by atoms with Crippen molar-refractivity contribution < 1.29 is 9.47 Å². The Bertz CT molecular complexity index is 3050. The van der Waals surface area contributed by atoms with E-state index < -0.39 is 0 Å². The highest BCUT2D eigenvalue weighted by atomic mass is 16.5. The summed E-state index contributed by atoms with van der Waals surface area (Å²) in [5.41, 5.74) is 5.99. The summed E-state index contributed by atoms with van der Waals surface area (Å²) in [6.07, 6.45) is 3.64. The van der Waals surface area contributed by atoms with Crippen LogP contribution < -0.4 is 20.6 Å². The number of fused-ring (bicyclic) bond motifs is 10. The molecule has 4 aromatic carbocycles. The standard InChI is InChI=1S/C38H22N4O4/c1-45-20-9-12-30-27(16-20)24-13-14-39-33-23-10-7-19(15-28(23)38(44)41(30)35(24)33)29-18-40-34-22-5-3-4-6-25(22)37(43)42-31-17-21(46-2)8-11-26(31)32(29)36(34)42/h3-18H,1-2H3. The summed E-state index contributed by atoms with van der Waals surface area (Å²) in [7, 11) is 3.25. The molecule has 10 aromatic rings. The summed E-state index contributed by atoms with van der Waals surface area (Å²) in [4.78, 5) is 38.1. The lowest BCUT2D eigenvalue weighted by molar-refractivity contribution is 0.415. The van der Waals surface area contributed by atoms with Crippen LogP contribution in [0, 0.1) is 0 Å². The quantitative estimate of drug-likeness (QED) is 0.200. The van der Waals surface area contributed by atoms with Crippen LogP contribution in [0.5, 0.6) is 11.5 Å². The first-order valence-electron chi connectivity index (χ1n) is 14.9. The summed E-state index contributed by atoms with van der Waals surface area (Å²) in [5.74, 6) is 1.38. The molecule has 218 valence electrons. The van der Waals surface area contributed by atoms with Gasteiger partial charge in [-0.25, -0.2) is 0 Å². The van der Waals surface area contributed by atoms with Crippen molar-refractivity contribution in [1.82, 2.24) is 18.8 Å². The first-order valence-corrected chi connectivity index (χ1v) is 14.9. The number of ether oxygens (including phenoxy) is 2. The van der Waals surface area contributed by atoms with Gasteiger partial charge in [-0.2, -0.15) is 0 Å². The third-order valence-corrected chi connectivity index (χ3v) is 9.51. The molecule has 0 spiro atoms. The smallest absolute Gasteiger partial charge is 0.263 e. The molecule has 0 aliphatic heterocycles. The number of methoxy groups -OCH3 is 2. The summed E-state index contributed by atoms with van der Waals surface area (Å²) >= 11 is 0. The zero-order valence-corrected chi connectivity index (χ0v) is 24.7. The SMILES string of the molecule is COc1ccc2c(c1)c1ccnc3c4ccc(-c5cnc6c7ccccc7c(=O)n7c8cc(OC)ccc8c5c67)cc4c(=O)n2c13. The van der Waals surface area contributed by atoms with Crippen molar-refractivity contribution in [3.8, 4) is 22.6 Å². The molecular formula is C38H22N4O4. The number of benzene rings is 4. The third kappa shape index (κ3) is 2.98. The van der Waals surface area contributed by atoms with Gasteiger partial charge in [-0.15, -0.1) is 0 Å². The lowest BCUT2D eigenvalue weighted by Gasteiger charge is -2.11. The molecule has 0 fully saturated rings. The Labute approximate surface area is 259 Å². The van der Waals surface area contributed by atoms with E-state index in [0.717, 1.165) is 82.3 Å². The van der Waals surface area contributed by atoms with Gasteiger partial charge in [-0.3, -0.25) is 28.4 Å². The Kier molecular flexibility index (Phi) is 4.73. The van der Waals surface area contributed by atoms with E-state index in [4.69, 9.17) is 19.4 Å². The first kappa shape index (κ1) is 25.1. The van der Waals surface area contributed by atoms with E-state index in [-0.39, 0.29) is 11.1 Å². The third-order valence-electron chi connectivity index (χ3n) is 9.51. The van der Waals surface area contributed by atoms with Gasteiger partial charge >= 0.3 is 0 Å². The number of pyridine rings is 4. The van der Waals surface area contributed by atoms with Crippen LogP contribution >= 0.6 is 0 Å². The summed E-state index contributed by atoms with van der Waals surface area (Å²) in [6.45, 7) is 0. The number of nitrogens with zero attached hydrogens (tertiary/aromatic N) is 4. The predicted molar refractivity (Wildman–Crippen MR) is 182 cm³/mol. The maximum Gasteiger partial charge on any atom is 0.263 e. The van der Waals surface area contributed by atoms with Gasteiger partial charge in [0.15, 0.2) is 0 Å². The normalized spacial score (nSPS) is 12.3. The Hall–Kier alpha value is -6.28. The van der Waals surface area contributed by atoms with Crippen molar-refractivity contribution in [1.29, 1.82) is 0 Å². The number of aromatic nitrogens is 4. The van der Waals surface area contributed by atoms with E-state index in [1.165, 1.54) is 0 Å². The number of rotatable bonds is 3. The lowest BCUT2D eigenvalue weighted by atomic mass is 9.97. The minimum absolute atomic E-state index is 0.112. The van der Waals surface area contributed by atoms with Gasteiger partial charge in [-0.1, -0.05) is 30.3 Å². The Morgan fingerprint density at radius 2 is 1.26 bits per heavy atom. The molecule has 0 saturated heterocycles. The molecule has 0 bridgehead atoms. The van der Waals surface area contributed by atoms with E-state index in [1.54, 1.807) is 29.2 Å². The van der Waals surface area contributed by atoms with Crippen LogP contribution in [0.3, 0.4) is 0 Å².